The van der Waals surface area contributed by atoms with Gasteiger partial charge in [-0.3, -0.25) is 4.90 Å². The zero-order chi connectivity index (χ0) is 26.9. The van der Waals surface area contributed by atoms with Crippen molar-refractivity contribution in [1.82, 2.24) is 4.90 Å². The van der Waals surface area contributed by atoms with E-state index >= 15 is 0 Å². The molecular formula is C36H65NO. The molecule has 0 bridgehead atoms. The van der Waals surface area contributed by atoms with Gasteiger partial charge in [0.2, 0.25) is 0 Å². The molecule has 0 amide bonds. The molecule has 1 saturated heterocycles. The summed E-state index contributed by atoms with van der Waals surface area (Å²) < 4.78 is 6.07. The standard InChI is InChI=1S/C36H65NO/c1-3-5-7-9-11-12-13-14-15-16-17-18-19-20-22-24-33-38-35-29-27-34(28-30-35)36-26-25-32-37(36)31-23-21-10-8-6-4-2/h27-30,36H,3-26,31-33H2,1-2H3. The van der Waals surface area contributed by atoms with Crippen molar-refractivity contribution in [1.29, 1.82) is 0 Å². The van der Waals surface area contributed by atoms with Crippen LogP contribution >= 0.6 is 0 Å². The Bertz CT molecular complexity index is 627. The quantitative estimate of drug-likeness (QED) is 0.111. The molecule has 0 spiro atoms. The van der Waals surface area contributed by atoms with Crippen LogP contribution in [0.1, 0.15) is 180 Å². The minimum Gasteiger partial charge on any atom is -0.494 e. The van der Waals surface area contributed by atoms with Crippen molar-refractivity contribution in [3.63, 3.8) is 0 Å². The maximum Gasteiger partial charge on any atom is 0.119 e. The SMILES string of the molecule is CCCCCCCCCCCCCCCCCCOc1ccc(C2CCCN2CCCCCCCC)cc1. The van der Waals surface area contributed by atoms with Gasteiger partial charge in [-0.05, 0) is 56.5 Å². The number of rotatable bonds is 26. The monoisotopic (exact) mass is 528 g/mol. The van der Waals surface area contributed by atoms with Gasteiger partial charge in [-0.25, -0.2) is 0 Å². The average molecular weight is 528 g/mol. The summed E-state index contributed by atoms with van der Waals surface area (Å²) in [7, 11) is 0. The lowest BCUT2D eigenvalue weighted by Gasteiger charge is -2.25. The first-order chi connectivity index (χ1) is 18.8. The molecule has 0 N–H and O–H groups in total. The Labute approximate surface area is 238 Å². The smallest absolute Gasteiger partial charge is 0.119 e. The second-order valence-corrected chi connectivity index (χ2v) is 12.2. The van der Waals surface area contributed by atoms with Gasteiger partial charge in [0.15, 0.2) is 0 Å². The lowest BCUT2D eigenvalue weighted by Crippen LogP contribution is -2.24. The highest BCUT2D eigenvalue weighted by Crippen LogP contribution is 2.33. The summed E-state index contributed by atoms with van der Waals surface area (Å²) in [6, 6.07) is 9.70. The van der Waals surface area contributed by atoms with Crippen LogP contribution in [0.5, 0.6) is 5.75 Å². The van der Waals surface area contributed by atoms with Crippen LogP contribution < -0.4 is 4.74 Å². The normalized spacial score (nSPS) is 15.9. The number of hydrogen-bond donors (Lipinski definition) is 0. The summed E-state index contributed by atoms with van der Waals surface area (Å²) in [6.45, 7) is 8.01. The van der Waals surface area contributed by atoms with E-state index in [0.717, 1.165) is 12.4 Å². The number of unbranched alkanes of at least 4 members (excludes halogenated alkanes) is 20. The number of benzene rings is 1. The molecule has 0 radical (unpaired) electrons. The van der Waals surface area contributed by atoms with Crippen molar-refractivity contribution in [2.45, 2.75) is 174 Å². The minimum atomic E-state index is 0.625. The maximum atomic E-state index is 6.07. The van der Waals surface area contributed by atoms with Crippen LogP contribution in [0, 0.1) is 0 Å². The van der Waals surface area contributed by atoms with E-state index in [4.69, 9.17) is 4.74 Å². The Morgan fingerprint density at radius 1 is 0.579 bits per heavy atom. The summed E-state index contributed by atoms with van der Waals surface area (Å²) in [5.41, 5.74) is 1.49. The largest absolute Gasteiger partial charge is 0.494 e. The zero-order valence-corrected chi connectivity index (χ0v) is 25.8. The fourth-order valence-electron chi connectivity index (χ4n) is 6.19. The summed E-state index contributed by atoms with van der Waals surface area (Å²) in [4.78, 5) is 2.73. The third-order valence-corrected chi connectivity index (χ3v) is 8.69. The number of nitrogens with zero attached hydrogens (tertiary/aromatic N) is 1. The molecule has 0 saturated carbocycles. The molecule has 1 aromatic rings. The molecule has 1 aromatic carbocycles. The summed E-state index contributed by atoms with van der Waals surface area (Å²) in [6.07, 6.45) is 33.6. The van der Waals surface area contributed by atoms with Gasteiger partial charge in [0.25, 0.3) is 0 Å². The Kier molecular flexibility index (Phi) is 20.8. The van der Waals surface area contributed by atoms with Crippen LogP contribution in [0.3, 0.4) is 0 Å². The van der Waals surface area contributed by atoms with Crippen molar-refractivity contribution >= 4 is 0 Å². The highest BCUT2D eigenvalue weighted by molar-refractivity contribution is 5.29. The van der Waals surface area contributed by atoms with E-state index in [0.29, 0.717) is 6.04 Å². The van der Waals surface area contributed by atoms with E-state index in [-0.39, 0.29) is 0 Å². The van der Waals surface area contributed by atoms with E-state index in [2.05, 4.69) is 43.0 Å². The van der Waals surface area contributed by atoms with Crippen molar-refractivity contribution in [2.24, 2.45) is 0 Å². The first kappa shape index (κ1) is 33.2. The van der Waals surface area contributed by atoms with E-state index in [1.807, 2.05) is 0 Å². The van der Waals surface area contributed by atoms with E-state index in [1.54, 1.807) is 0 Å². The number of likely N-dealkylation sites (tertiary alicyclic amines) is 1. The van der Waals surface area contributed by atoms with Gasteiger partial charge in [0, 0.05) is 6.04 Å². The molecule has 0 aromatic heterocycles. The molecule has 1 unspecified atom stereocenters. The zero-order valence-electron chi connectivity index (χ0n) is 25.8. The average Bonchev–Trinajstić information content (AvgIpc) is 3.41. The van der Waals surface area contributed by atoms with Crippen LogP contribution in [0.25, 0.3) is 0 Å². The second-order valence-electron chi connectivity index (χ2n) is 12.2. The Hall–Kier alpha value is -1.02. The van der Waals surface area contributed by atoms with Crippen LogP contribution in [0.15, 0.2) is 24.3 Å². The van der Waals surface area contributed by atoms with Crippen molar-refractivity contribution in [3.05, 3.63) is 29.8 Å². The minimum absolute atomic E-state index is 0.625. The third kappa shape index (κ3) is 16.2. The van der Waals surface area contributed by atoms with Gasteiger partial charge in [0.05, 0.1) is 6.61 Å². The molecule has 1 atom stereocenters. The van der Waals surface area contributed by atoms with Crippen LogP contribution in [-0.4, -0.2) is 24.6 Å². The summed E-state index contributed by atoms with van der Waals surface area (Å²) >= 11 is 0. The van der Waals surface area contributed by atoms with Crippen molar-refractivity contribution < 1.29 is 4.74 Å². The van der Waals surface area contributed by atoms with Crippen molar-refractivity contribution in [3.8, 4) is 5.75 Å². The van der Waals surface area contributed by atoms with Crippen LogP contribution in [0.2, 0.25) is 0 Å². The van der Waals surface area contributed by atoms with Gasteiger partial charge in [0.1, 0.15) is 5.75 Å². The number of hydrogen-bond acceptors (Lipinski definition) is 2. The van der Waals surface area contributed by atoms with Gasteiger partial charge < -0.3 is 4.74 Å². The number of ether oxygens (including phenoxy) is 1. The molecule has 0 aliphatic carbocycles. The Morgan fingerprint density at radius 2 is 1.03 bits per heavy atom. The topological polar surface area (TPSA) is 12.5 Å². The molecule has 1 fully saturated rings. The molecule has 1 heterocycles. The first-order valence-corrected chi connectivity index (χ1v) is 17.3. The highest BCUT2D eigenvalue weighted by Gasteiger charge is 2.25. The van der Waals surface area contributed by atoms with Gasteiger partial charge in [-0.2, -0.15) is 0 Å². The predicted octanol–water partition coefficient (Wildman–Crippen LogP) is 11.8. The molecule has 1 aliphatic heterocycles. The molecule has 2 nitrogen and oxygen atoms in total. The first-order valence-electron chi connectivity index (χ1n) is 17.3. The van der Waals surface area contributed by atoms with E-state index in [1.165, 1.54) is 173 Å². The second kappa shape index (κ2) is 23.8. The Morgan fingerprint density at radius 3 is 1.53 bits per heavy atom. The van der Waals surface area contributed by atoms with Gasteiger partial charge in [-0.15, -0.1) is 0 Å². The third-order valence-electron chi connectivity index (χ3n) is 8.69. The maximum absolute atomic E-state index is 6.07. The lowest BCUT2D eigenvalue weighted by atomic mass is 10.0. The fraction of sp³-hybridized carbons (Fsp3) is 0.833. The predicted molar refractivity (Wildman–Crippen MR) is 168 cm³/mol. The van der Waals surface area contributed by atoms with E-state index < -0.39 is 0 Å². The van der Waals surface area contributed by atoms with Crippen LogP contribution in [0.4, 0.5) is 0 Å². The Balaban J connectivity index is 1.41. The molecular weight excluding hydrogens is 462 g/mol. The van der Waals surface area contributed by atoms with E-state index in [9.17, 15) is 0 Å². The molecule has 2 heteroatoms. The fourth-order valence-corrected chi connectivity index (χ4v) is 6.19. The van der Waals surface area contributed by atoms with Gasteiger partial charge in [-0.1, -0.05) is 154 Å². The van der Waals surface area contributed by atoms with Crippen molar-refractivity contribution in [2.75, 3.05) is 19.7 Å². The lowest BCUT2D eigenvalue weighted by molar-refractivity contribution is 0.250. The molecule has 220 valence electrons. The molecule has 2 rings (SSSR count). The molecule has 1 aliphatic rings. The van der Waals surface area contributed by atoms with Crippen LogP contribution in [-0.2, 0) is 0 Å². The highest BCUT2D eigenvalue weighted by atomic mass is 16.5. The summed E-state index contributed by atoms with van der Waals surface area (Å²) in [5, 5.41) is 0. The summed E-state index contributed by atoms with van der Waals surface area (Å²) in [5.74, 6) is 1.05. The molecule has 38 heavy (non-hydrogen) atoms. The van der Waals surface area contributed by atoms with Gasteiger partial charge >= 0.3 is 0 Å².